The van der Waals surface area contributed by atoms with Gasteiger partial charge in [-0.2, -0.15) is 0 Å². The quantitative estimate of drug-likeness (QED) is 0.717. The Morgan fingerprint density at radius 2 is 1.84 bits per heavy atom. The third kappa shape index (κ3) is 5.41. The molecule has 0 heterocycles. The van der Waals surface area contributed by atoms with E-state index >= 15 is 0 Å². The van der Waals surface area contributed by atoms with E-state index in [2.05, 4.69) is 26.6 Å². The zero-order valence-electron chi connectivity index (χ0n) is 14.4. The van der Waals surface area contributed by atoms with Gasteiger partial charge in [-0.15, -0.1) is 0 Å². The highest BCUT2D eigenvalue weighted by molar-refractivity contribution is 9.10. The largest absolute Gasteiger partial charge is 0.465 e. The van der Waals surface area contributed by atoms with Gasteiger partial charge in [-0.05, 0) is 49.2 Å². The molecule has 0 fully saturated rings. The lowest BCUT2D eigenvalue weighted by Crippen LogP contribution is -2.30. The normalized spacial score (nSPS) is 11.7. The van der Waals surface area contributed by atoms with Crippen molar-refractivity contribution in [1.82, 2.24) is 5.32 Å². The maximum Gasteiger partial charge on any atom is 0.337 e. The standard InChI is InChI=1S/C19H21BrN2O3/c1-12-4-5-15(19(24)25-3)10-17(12)22-18(23)11-21-13(2)14-6-8-16(20)9-7-14/h4-10,13,21H,11H2,1-3H3,(H,22,23)/t13-/m0/s1. The number of rotatable bonds is 6. The average Bonchev–Trinajstić information content (AvgIpc) is 2.61. The minimum atomic E-state index is -0.433. The van der Waals surface area contributed by atoms with Crippen molar-refractivity contribution in [3.63, 3.8) is 0 Å². The number of hydrogen-bond acceptors (Lipinski definition) is 4. The third-order valence-electron chi connectivity index (χ3n) is 3.87. The Labute approximate surface area is 155 Å². The number of amides is 1. The highest BCUT2D eigenvalue weighted by Crippen LogP contribution is 2.18. The first-order valence-corrected chi connectivity index (χ1v) is 8.67. The summed E-state index contributed by atoms with van der Waals surface area (Å²) in [5.41, 5.74) is 2.98. The number of carbonyl (C=O) groups is 2. The summed E-state index contributed by atoms with van der Waals surface area (Å²) in [5, 5.41) is 6.02. The number of esters is 1. The van der Waals surface area contributed by atoms with Gasteiger partial charge < -0.3 is 15.4 Å². The number of anilines is 1. The predicted octanol–water partition coefficient (Wildman–Crippen LogP) is 3.83. The Kier molecular flexibility index (Phi) is 6.73. The first-order valence-electron chi connectivity index (χ1n) is 7.88. The monoisotopic (exact) mass is 404 g/mol. The topological polar surface area (TPSA) is 67.4 Å². The van der Waals surface area contributed by atoms with Crippen LogP contribution in [-0.4, -0.2) is 25.5 Å². The van der Waals surface area contributed by atoms with Gasteiger partial charge in [0.1, 0.15) is 0 Å². The van der Waals surface area contributed by atoms with Crippen LogP contribution in [0, 0.1) is 6.92 Å². The number of aryl methyl sites for hydroxylation is 1. The van der Waals surface area contributed by atoms with Crippen LogP contribution in [0.4, 0.5) is 5.69 Å². The Bertz CT molecular complexity index is 760. The molecule has 2 rings (SSSR count). The van der Waals surface area contributed by atoms with Crippen LogP contribution in [-0.2, 0) is 9.53 Å². The zero-order chi connectivity index (χ0) is 18.4. The second-order valence-electron chi connectivity index (χ2n) is 5.72. The van der Waals surface area contributed by atoms with Gasteiger partial charge in [-0.25, -0.2) is 4.79 Å². The summed E-state index contributed by atoms with van der Waals surface area (Å²) in [6.45, 7) is 4.04. The molecule has 6 heteroatoms. The molecule has 2 aromatic rings. The number of hydrogen-bond donors (Lipinski definition) is 2. The van der Waals surface area contributed by atoms with Crippen LogP contribution in [0.5, 0.6) is 0 Å². The van der Waals surface area contributed by atoms with E-state index in [1.807, 2.05) is 38.1 Å². The highest BCUT2D eigenvalue weighted by Gasteiger charge is 2.12. The van der Waals surface area contributed by atoms with Crippen LogP contribution < -0.4 is 10.6 Å². The number of methoxy groups -OCH3 is 1. The van der Waals surface area contributed by atoms with Gasteiger partial charge in [0.2, 0.25) is 5.91 Å². The molecular weight excluding hydrogens is 384 g/mol. The van der Waals surface area contributed by atoms with E-state index < -0.39 is 5.97 Å². The Hall–Kier alpha value is -2.18. The van der Waals surface area contributed by atoms with Crippen LogP contribution in [0.15, 0.2) is 46.9 Å². The Morgan fingerprint density at radius 1 is 1.16 bits per heavy atom. The second kappa shape index (κ2) is 8.78. The van der Waals surface area contributed by atoms with Gasteiger partial charge in [0.25, 0.3) is 0 Å². The van der Waals surface area contributed by atoms with Crippen LogP contribution >= 0.6 is 15.9 Å². The van der Waals surface area contributed by atoms with E-state index in [9.17, 15) is 9.59 Å². The number of halogens is 1. The molecule has 2 aromatic carbocycles. The average molecular weight is 405 g/mol. The summed E-state index contributed by atoms with van der Waals surface area (Å²) >= 11 is 3.40. The number of ether oxygens (including phenoxy) is 1. The molecule has 0 aromatic heterocycles. The van der Waals surface area contributed by atoms with E-state index in [0.717, 1.165) is 15.6 Å². The van der Waals surface area contributed by atoms with Crippen LogP contribution in [0.1, 0.15) is 34.5 Å². The summed E-state index contributed by atoms with van der Waals surface area (Å²) in [6.07, 6.45) is 0. The fourth-order valence-corrected chi connectivity index (χ4v) is 2.58. The van der Waals surface area contributed by atoms with Crippen molar-refractivity contribution in [1.29, 1.82) is 0 Å². The molecule has 1 amide bonds. The number of carbonyl (C=O) groups excluding carboxylic acids is 2. The molecule has 0 radical (unpaired) electrons. The van der Waals surface area contributed by atoms with Gasteiger partial charge in [0.05, 0.1) is 19.2 Å². The highest BCUT2D eigenvalue weighted by atomic mass is 79.9. The molecule has 0 bridgehead atoms. The van der Waals surface area contributed by atoms with E-state index in [-0.39, 0.29) is 18.5 Å². The van der Waals surface area contributed by atoms with Crippen molar-refractivity contribution in [2.75, 3.05) is 19.0 Å². The summed E-state index contributed by atoms with van der Waals surface area (Å²) in [5.74, 6) is -0.605. The Balaban J connectivity index is 1.96. The fraction of sp³-hybridized carbons (Fsp3) is 0.263. The van der Waals surface area contributed by atoms with Gasteiger partial charge in [0.15, 0.2) is 0 Å². The van der Waals surface area contributed by atoms with Crippen LogP contribution in [0.25, 0.3) is 0 Å². The van der Waals surface area contributed by atoms with E-state index in [1.165, 1.54) is 7.11 Å². The van der Waals surface area contributed by atoms with Crippen molar-refractivity contribution in [2.45, 2.75) is 19.9 Å². The van der Waals surface area contributed by atoms with Crippen molar-refractivity contribution < 1.29 is 14.3 Å². The predicted molar refractivity (Wildman–Crippen MR) is 102 cm³/mol. The molecule has 0 aliphatic heterocycles. The summed E-state index contributed by atoms with van der Waals surface area (Å²) < 4.78 is 5.72. The third-order valence-corrected chi connectivity index (χ3v) is 4.40. The Morgan fingerprint density at radius 3 is 2.48 bits per heavy atom. The van der Waals surface area contributed by atoms with Crippen LogP contribution in [0.3, 0.4) is 0 Å². The zero-order valence-corrected chi connectivity index (χ0v) is 16.0. The molecule has 0 aliphatic rings. The first kappa shape index (κ1) is 19.1. The van der Waals surface area contributed by atoms with E-state index in [4.69, 9.17) is 4.74 Å². The van der Waals surface area contributed by atoms with Gasteiger partial charge >= 0.3 is 5.97 Å². The first-order chi connectivity index (χ1) is 11.9. The fourth-order valence-electron chi connectivity index (χ4n) is 2.31. The summed E-state index contributed by atoms with van der Waals surface area (Å²) in [4.78, 5) is 23.8. The minimum absolute atomic E-state index is 0.0429. The van der Waals surface area contributed by atoms with Crippen molar-refractivity contribution >= 4 is 33.5 Å². The lowest BCUT2D eigenvalue weighted by molar-refractivity contribution is -0.115. The molecule has 0 aliphatic carbocycles. The molecule has 5 nitrogen and oxygen atoms in total. The van der Waals surface area contributed by atoms with Crippen molar-refractivity contribution in [2.24, 2.45) is 0 Å². The molecule has 0 saturated carbocycles. The molecule has 0 saturated heterocycles. The molecule has 0 unspecified atom stereocenters. The van der Waals surface area contributed by atoms with Gasteiger partial charge in [-0.3, -0.25) is 4.79 Å². The van der Waals surface area contributed by atoms with Crippen molar-refractivity contribution in [3.05, 3.63) is 63.6 Å². The minimum Gasteiger partial charge on any atom is -0.465 e. The van der Waals surface area contributed by atoms with E-state index in [0.29, 0.717) is 11.3 Å². The number of nitrogens with one attached hydrogen (secondary N) is 2. The lowest BCUT2D eigenvalue weighted by atomic mass is 10.1. The maximum absolute atomic E-state index is 12.2. The smallest absolute Gasteiger partial charge is 0.337 e. The van der Waals surface area contributed by atoms with Crippen LogP contribution in [0.2, 0.25) is 0 Å². The molecule has 25 heavy (non-hydrogen) atoms. The summed E-state index contributed by atoms with van der Waals surface area (Å²) in [7, 11) is 1.33. The maximum atomic E-state index is 12.2. The molecule has 1 atom stereocenters. The van der Waals surface area contributed by atoms with Gasteiger partial charge in [0, 0.05) is 16.2 Å². The molecule has 2 N–H and O–H groups in total. The number of benzene rings is 2. The lowest BCUT2D eigenvalue weighted by Gasteiger charge is -2.15. The molecule has 0 spiro atoms. The molecular formula is C19H21BrN2O3. The van der Waals surface area contributed by atoms with Crippen molar-refractivity contribution in [3.8, 4) is 0 Å². The van der Waals surface area contributed by atoms with Gasteiger partial charge in [-0.1, -0.05) is 34.1 Å². The van der Waals surface area contributed by atoms with E-state index in [1.54, 1.807) is 18.2 Å². The molecule has 132 valence electrons. The second-order valence-corrected chi connectivity index (χ2v) is 6.64. The SMILES string of the molecule is COC(=O)c1ccc(C)c(NC(=O)CN[C@@H](C)c2ccc(Br)cc2)c1. The summed E-state index contributed by atoms with van der Waals surface area (Å²) in [6, 6.07) is 13.1.